The van der Waals surface area contributed by atoms with Crippen LogP contribution in [0.3, 0.4) is 0 Å². The maximum atomic E-state index is 13.4. The first-order valence-electron chi connectivity index (χ1n) is 10.4. The summed E-state index contributed by atoms with van der Waals surface area (Å²) in [4.78, 5) is 37.0. The van der Waals surface area contributed by atoms with Gasteiger partial charge in [-0.1, -0.05) is 24.3 Å². The molecule has 15 heteroatoms. The summed E-state index contributed by atoms with van der Waals surface area (Å²) in [7, 11) is -9.11. The van der Waals surface area contributed by atoms with Crippen molar-refractivity contribution in [3.63, 3.8) is 0 Å². The second-order valence-electron chi connectivity index (χ2n) is 7.93. The number of benzene rings is 3. The second-order valence-corrected chi connectivity index (χ2v) is 11.4. The largest absolute Gasteiger partial charge is 1.00 e. The number of carbonyl (C=O) groups is 3. The van der Waals surface area contributed by atoms with E-state index in [2.05, 4.69) is 5.32 Å². The van der Waals surface area contributed by atoms with Gasteiger partial charge in [-0.25, -0.2) is 8.42 Å². The number of nitrogens with two attached hydrogens (primary N) is 1. The fourth-order valence-corrected chi connectivity index (χ4v) is 5.68. The minimum absolute atomic E-state index is 0. The molecule has 0 amide bonds. The number of rotatable bonds is 7. The van der Waals surface area contributed by atoms with E-state index < -0.39 is 93.4 Å². The fourth-order valence-electron chi connectivity index (χ4n) is 3.99. The molecule has 0 fully saturated rings. The van der Waals surface area contributed by atoms with Gasteiger partial charge in [-0.15, -0.1) is 0 Å². The zero-order valence-corrected chi connectivity index (χ0v) is 23.2. The van der Waals surface area contributed by atoms with Crippen LogP contribution in [0.1, 0.15) is 42.2 Å². The number of aliphatic hydroxyl groups is 1. The van der Waals surface area contributed by atoms with Crippen molar-refractivity contribution in [2.75, 3.05) is 23.4 Å². The van der Waals surface area contributed by atoms with Crippen LogP contribution in [0.4, 0.5) is 17.1 Å². The van der Waals surface area contributed by atoms with E-state index in [9.17, 15) is 40.9 Å². The molecule has 3 aromatic rings. The number of carboxylic acid groups (broad SMARTS) is 1. The van der Waals surface area contributed by atoms with Gasteiger partial charge in [0.05, 0.1) is 45.7 Å². The Kier molecular flexibility index (Phi) is 8.19. The van der Waals surface area contributed by atoms with Crippen molar-refractivity contribution in [2.24, 2.45) is 0 Å². The van der Waals surface area contributed by atoms with Crippen molar-refractivity contribution < 1.29 is 75.5 Å². The van der Waals surface area contributed by atoms with Crippen LogP contribution >= 0.6 is 0 Å². The first-order chi connectivity index (χ1) is 17.3. The number of sulfone groups is 1. The van der Waals surface area contributed by atoms with E-state index in [-0.39, 0.29) is 40.7 Å². The molecule has 0 spiro atoms. The van der Waals surface area contributed by atoms with Crippen molar-refractivity contribution >= 4 is 54.6 Å². The molecule has 1 aliphatic rings. The minimum Gasteiger partial charge on any atom is -0.545 e. The molecule has 0 bridgehead atoms. The number of nitrogen functional groups attached to an aromatic ring is 1. The topological polar surface area (TPSA) is 221 Å². The Morgan fingerprint density at radius 1 is 0.921 bits per heavy atom. The average molecular weight is 569 g/mol. The monoisotopic (exact) mass is 568 g/mol. The van der Waals surface area contributed by atoms with E-state index in [1.165, 1.54) is 24.3 Å². The number of anilines is 3. The molecular formula is C23H17N2NaO10S2. The molecule has 38 heavy (non-hydrogen) atoms. The quantitative estimate of drug-likeness (QED) is 0.101. The van der Waals surface area contributed by atoms with Crippen molar-refractivity contribution in [1.82, 2.24) is 0 Å². The first kappa shape index (κ1) is 29.4. The first-order valence-corrected chi connectivity index (χ1v) is 13.5. The Hall–Kier alpha value is -3.11. The average Bonchev–Trinajstić information content (AvgIpc) is 2.82. The van der Waals surface area contributed by atoms with Crippen molar-refractivity contribution in [2.45, 2.75) is 9.79 Å². The number of ketones is 2. The molecule has 1 aliphatic carbocycles. The number of aliphatic hydroxyl groups excluding tert-OH is 1. The zero-order chi connectivity index (χ0) is 27.3. The van der Waals surface area contributed by atoms with E-state index >= 15 is 0 Å². The standard InChI is InChI=1S/C23H18N2O10S2.Na/c24-20-17(37(33,34)35)10-16(18-19(20)22(28)13-4-2-1-3-12(13)21(18)27)25-15-9-11(36(31,32)8-7-26)5-6-14(15)23(29)30;/h1-6,9-10,25-26H,7-8,24H2,(H,29,30)(H,33,34,35);/q;+1/p-1. The maximum absolute atomic E-state index is 13.4. The SMILES string of the molecule is Nc1c(S(=O)(=O)O)cc(Nc2cc(S(=O)(=O)CCO)ccc2C(=O)[O-])c2c1C(=O)c1ccccc1C2=O.[Na+]. The summed E-state index contributed by atoms with van der Waals surface area (Å²) in [5.74, 6) is -4.01. The third-order valence-corrected chi connectivity index (χ3v) is 8.26. The number of hydrogen-bond donors (Lipinski definition) is 4. The van der Waals surface area contributed by atoms with Crippen LogP contribution in [-0.2, 0) is 20.0 Å². The molecule has 0 unspecified atom stereocenters. The van der Waals surface area contributed by atoms with Crippen LogP contribution in [-0.4, -0.2) is 56.4 Å². The molecule has 0 saturated heterocycles. The number of carboxylic acids is 1. The van der Waals surface area contributed by atoms with Gasteiger partial charge in [0.25, 0.3) is 10.1 Å². The van der Waals surface area contributed by atoms with Gasteiger partial charge in [-0.05, 0) is 24.3 Å². The van der Waals surface area contributed by atoms with Crippen LogP contribution in [0.25, 0.3) is 0 Å². The second kappa shape index (κ2) is 10.6. The van der Waals surface area contributed by atoms with Gasteiger partial charge in [-0.2, -0.15) is 8.42 Å². The van der Waals surface area contributed by atoms with Crippen LogP contribution in [0.5, 0.6) is 0 Å². The number of hydrogen-bond acceptors (Lipinski definition) is 11. The zero-order valence-electron chi connectivity index (χ0n) is 19.6. The van der Waals surface area contributed by atoms with Gasteiger partial charge in [0.15, 0.2) is 21.4 Å². The van der Waals surface area contributed by atoms with Crippen LogP contribution in [0.15, 0.2) is 58.3 Å². The van der Waals surface area contributed by atoms with Crippen molar-refractivity contribution in [1.29, 1.82) is 0 Å². The molecular weight excluding hydrogens is 551 g/mol. The number of nitrogens with one attached hydrogen (secondary N) is 1. The van der Waals surface area contributed by atoms with Gasteiger partial charge >= 0.3 is 29.6 Å². The molecule has 192 valence electrons. The molecule has 0 atom stereocenters. The molecule has 0 heterocycles. The molecule has 12 nitrogen and oxygen atoms in total. The predicted molar refractivity (Wildman–Crippen MR) is 127 cm³/mol. The van der Waals surface area contributed by atoms with E-state index in [0.717, 1.165) is 24.3 Å². The van der Waals surface area contributed by atoms with E-state index in [1.807, 2.05) is 0 Å². The summed E-state index contributed by atoms with van der Waals surface area (Å²) in [6, 6.07) is 9.12. The Balaban J connectivity index is 0.00000400. The van der Waals surface area contributed by atoms with Gasteiger partial charge in [0, 0.05) is 22.4 Å². The maximum Gasteiger partial charge on any atom is 1.00 e. The molecule has 5 N–H and O–H groups in total. The van der Waals surface area contributed by atoms with E-state index in [4.69, 9.17) is 10.8 Å². The summed E-state index contributed by atoms with van der Waals surface area (Å²) >= 11 is 0. The van der Waals surface area contributed by atoms with Crippen molar-refractivity contribution in [3.05, 3.63) is 76.3 Å². The van der Waals surface area contributed by atoms with E-state index in [0.29, 0.717) is 0 Å². The molecule has 0 radical (unpaired) electrons. The van der Waals surface area contributed by atoms with E-state index in [1.54, 1.807) is 0 Å². The van der Waals surface area contributed by atoms with Crippen molar-refractivity contribution in [3.8, 4) is 0 Å². The molecule has 4 rings (SSSR count). The van der Waals surface area contributed by atoms with Gasteiger partial charge in [0.1, 0.15) is 4.90 Å². The third kappa shape index (κ3) is 5.11. The summed E-state index contributed by atoms with van der Waals surface area (Å²) < 4.78 is 58.7. The van der Waals surface area contributed by atoms with Gasteiger partial charge < -0.3 is 26.1 Å². The summed E-state index contributed by atoms with van der Waals surface area (Å²) in [6.07, 6.45) is 0. The normalized spacial score (nSPS) is 12.8. The summed E-state index contributed by atoms with van der Waals surface area (Å²) in [5.41, 5.74) is 2.69. The Labute approximate surface area is 238 Å². The van der Waals surface area contributed by atoms with Gasteiger partial charge in [0.2, 0.25) is 0 Å². The number of fused-ring (bicyclic) bond motifs is 2. The molecule has 0 saturated carbocycles. The molecule has 3 aromatic carbocycles. The number of carbonyl (C=O) groups excluding carboxylic acids is 3. The Morgan fingerprint density at radius 2 is 1.50 bits per heavy atom. The molecule has 0 aromatic heterocycles. The van der Waals surface area contributed by atoms with Crippen LogP contribution in [0.2, 0.25) is 0 Å². The summed E-state index contributed by atoms with van der Waals surface area (Å²) in [5, 5.41) is 23.3. The van der Waals surface area contributed by atoms with Gasteiger partial charge in [-0.3, -0.25) is 14.1 Å². The fraction of sp³-hybridized carbons (Fsp3) is 0.0870. The molecule has 0 aliphatic heterocycles. The van der Waals surface area contributed by atoms with Crippen LogP contribution in [0, 0.1) is 0 Å². The van der Waals surface area contributed by atoms with Crippen LogP contribution < -0.4 is 45.7 Å². The summed E-state index contributed by atoms with van der Waals surface area (Å²) in [6.45, 7) is -0.716. The number of aromatic carboxylic acids is 1. The predicted octanol–water partition coefficient (Wildman–Crippen LogP) is -2.83. The Morgan fingerprint density at radius 3 is 2.03 bits per heavy atom. The third-order valence-electron chi connectivity index (χ3n) is 5.68. The smallest absolute Gasteiger partial charge is 0.545 e. The Bertz CT molecular complexity index is 1740. The minimum atomic E-state index is -5.05.